The summed E-state index contributed by atoms with van der Waals surface area (Å²) in [6.45, 7) is 2.25. The van der Waals surface area contributed by atoms with Crippen LogP contribution in [-0.4, -0.2) is 59.0 Å². The Morgan fingerprint density at radius 2 is 2.24 bits per heavy atom. The lowest BCUT2D eigenvalue weighted by molar-refractivity contribution is -0.00177. The quantitative estimate of drug-likeness (QED) is 0.365. The van der Waals surface area contributed by atoms with Crippen LogP contribution in [0.1, 0.15) is 49.2 Å². The maximum atomic E-state index is 14.1. The molecule has 1 aliphatic carbocycles. The summed E-state index contributed by atoms with van der Waals surface area (Å²) in [6.07, 6.45) is 4.06. The number of halogens is 3. The van der Waals surface area contributed by atoms with Gasteiger partial charge in [0.1, 0.15) is 18.2 Å². The summed E-state index contributed by atoms with van der Waals surface area (Å²) >= 11 is 5.87. The second kappa shape index (κ2) is 10.4. The summed E-state index contributed by atoms with van der Waals surface area (Å²) in [6, 6.07) is 1.39. The first kappa shape index (κ1) is 24.8. The number of aliphatic imine (C=N–C) groups is 1. The molecule has 178 valence electrons. The molecule has 1 amide bonds. The third-order valence-electron chi connectivity index (χ3n) is 5.42. The van der Waals surface area contributed by atoms with Gasteiger partial charge in [0.25, 0.3) is 5.91 Å². The van der Waals surface area contributed by atoms with E-state index >= 15 is 0 Å². The predicted octanol–water partition coefficient (Wildman–Crippen LogP) is 3.30. The molecule has 3 unspecified atom stereocenters. The summed E-state index contributed by atoms with van der Waals surface area (Å²) in [4.78, 5) is 21.3. The molecule has 33 heavy (non-hydrogen) atoms. The van der Waals surface area contributed by atoms with Crippen molar-refractivity contribution in [1.29, 1.82) is 5.41 Å². The van der Waals surface area contributed by atoms with Crippen LogP contribution in [-0.2, 0) is 0 Å². The molecule has 1 saturated carbocycles. The maximum Gasteiger partial charge on any atom is 0.255 e. The Labute approximate surface area is 195 Å². The fraction of sp³-hybridized carbons (Fsp3) is 0.455. The number of aliphatic hydroxyl groups is 1. The van der Waals surface area contributed by atoms with Crippen molar-refractivity contribution in [3.8, 4) is 0 Å². The van der Waals surface area contributed by atoms with Gasteiger partial charge in [0, 0.05) is 30.9 Å². The molecule has 0 radical (unpaired) electrons. The fourth-order valence-electron chi connectivity index (χ4n) is 3.46. The molecule has 1 aliphatic heterocycles. The summed E-state index contributed by atoms with van der Waals surface area (Å²) in [5.74, 6) is -0.244. The first-order valence-electron chi connectivity index (χ1n) is 10.5. The highest BCUT2D eigenvalue weighted by Crippen LogP contribution is 2.29. The zero-order valence-corrected chi connectivity index (χ0v) is 19.1. The number of amides is 1. The van der Waals surface area contributed by atoms with Gasteiger partial charge in [0.05, 0.1) is 39.7 Å². The molecular weight excluding hydrogens is 454 g/mol. The van der Waals surface area contributed by atoms with Gasteiger partial charge in [-0.15, -0.1) is 0 Å². The molecule has 1 aromatic rings. The van der Waals surface area contributed by atoms with Crippen LogP contribution in [0.3, 0.4) is 0 Å². The van der Waals surface area contributed by atoms with E-state index in [1.807, 2.05) is 0 Å². The van der Waals surface area contributed by atoms with Crippen LogP contribution in [0, 0.1) is 5.41 Å². The van der Waals surface area contributed by atoms with Crippen molar-refractivity contribution in [3.05, 3.63) is 40.6 Å². The molecule has 1 fully saturated rings. The van der Waals surface area contributed by atoms with Crippen molar-refractivity contribution in [2.75, 3.05) is 11.9 Å². The highest BCUT2D eigenvalue weighted by molar-refractivity contribution is 6.39. The van der Waals surface area contributed by atoms with Crippen LogP contribution < -0.4 is 16.0 Å². The highest BCUT2D eigenvalue weighted by Gasteiger charge is 2.29. The Morgan fingerprint density at radius 1 is 1.48 bits per heavy atom. The number of aromatic nitrogens is 1. The van der Waals surface area contributed by atoms with E-state index in [1.54, 1.807) is 6.07 Å². The lowest BCUT2D eigenvalue weighted by Crippen LogP contribution is -2.42. The van der Waals surface area contributed by atoms with E-state index in [9.17, 15) is 18.7 Å². The molecule has 0 spiro atoms. The lowest BCUT2D eigenvalue weighted by atomic mass is 10.0. The molecule has 8 nitrogen and oxygen atoms in total. The zero-order chi connectivity index (χ0) is 24.2. The molecule has 0 bridgehead atoms. The Hall–Kier alpha value is -2.85. The third-order valence-corrected chi connectivity index (χ3v) is 5.63. The van der Waals surface area contributed by atoms with Crippen LogP contribution in [0.2, 0.25) is 0 Å². The van der Waals surface area contributed by atoms with Gasteiger partial charge in [-0.3, -0.25) is 9.78 Å². The number of rotatable bonds is 8. The van der Waals surface area contributed by atoms with Gasteiger partial charge in [-0.25, -0.2) is 13.8 Å². The normalized spacial score (nSPS) is 22.8. The van der Waals surface area contributed by atoms with Gasteiger partial charge in [-0.2, -0.15) is 0 Å². The number of carbonyl (C=O) groups excluding carboxylic acids is 1. The molecule has 11 heteroatoms. The van der Waals surface area contributed by atoms with E-state index in [-0.39, 0.29) is 18.2 Å². The minimum absolute atomic E-state index is 0.140. The number of hydrogen-bond donors (Lipinski definition) is 5. The summed E-state index contributed by atoms with van der Waals surface area (Å²) in [5, 5.41) is 26.5. The Bertz CT molecular complexity index is 1010. The van der Waals surface area contributed by atoms with Crippen LogP contribution in [0.15, 0.2) is 34.3 Å². The van der Waals surface area contributed by atoms with E-state index in [0.29, 0.717) is 47.1 Å². The minimum atomic E-state index is -1.67. The van der Waals surface area contributed by atoms with Crippen LogP contribution in [0.5, 0.6) is 0 Å². The van der Waals surface area contributed by atoms with E-state index in [1.165, 1.54) is 32.5 Å². The van der Waals surface area contributed by atoms with Gasteiger partial charge in [-0.05, 0) is 39.2 Å². The van der Waals surface area contributed by atoms with E-state index in [0.717, 1.165) is 6.21 Å². The van der Waals surface area contributed by atoms with Gasteiger partial charge in [-0.1, -0.05) is 11.6 Å². The van der Waals surface area contributed by atoms with Crippen molar-refractivity contribution in [3.63, 3.8) is 0 Å². The molecule has 2 heterocycles. The zero-order valence-electron chi connectivity index (χ0n) is 18.3. The van der Waals surface area contributed by atoms with Gasteiger partial charge < -0.3 is 26.5 Å². The molecule has 0 saturated heterocycles. The van der Waals surface area contributed by atoms with Gasteiger partial charge >= 0.3 is 0 Å². The van der Waals surface area contributed by atoms with Crippen LogP contribution >= 0.6 is 11.6 Å². The second-order valence-corrected chi connectivity index (χ2v) is 8.97. The second-order valence-electron chi connectivity index (χ2n) is 8.54. The molecular formula is C22H27ClF2N6O2. The third kappa shape index (κ3) is 6.35. The Kier molecular flexibility index (Phi) is 7.80. The predicted molar refractivity (Wildman–Crippen MR) is 125 cm³/mol. The average molecular weight is 481 g/mol. The van der Waals surface area contributed by atoms with Crippen molar-refractivity contribution in [2.24, 2.45) is 4.99 Å². The summed E-state index contributed by atoms with van der Waals surface area (Å²) < 4.78 is 27.8. The van der Waals surface area contributed by atoms with Gasteiger partial charge in [0.2, 0.25) is 0 Å². The average Bonchev–Trinajstić information content (AvgIpc) is 3.17. The minimum Gasteiger partial charge on any atom is -0.387 e. The number of carbonyl (C=O) groups is 1. The van der Waals surface area contributed by atoms with Crippen molar-refractivity contribution in [2.45, 2.75) is 57.1 Å². The summed E-state index contributed by atoms with van der Waals surface area (Å²) in [7, 11) is 0. The number of nitrogens with one attached hydrogen (secondary N) is 4. The number of alkyl halides is 2. The summed E-state index contributed by atoms with van der Waals surface area (Å²) in [5.41, 5.74) is -0.385. The molecule has 3 rings (SSSR count). The maximum absolute atomic E-state index is 14.1. The molecule has 0 aromatic carbocycles. The molecule has 5 N–H and O–H groups in total. The topological polar surface area (TPSA) is 122 Å². The largest absolute Gasteiger partial charge is 0.387 e. The van der Waals surface area contributed by atoms with E-state index in [4.69, 9.17) is 17.0 Å². The number of hydrogen-bond acceptors (Lipinski definition) is 7. The molecule has 1 aromatic heterocycles. The number of allylic oxidation sites excluding steroid dienone is 2. The highest BCUT2D eigenvalue weighted by atomic mass is 35.5. The van der Waals surface area contributed by atoms with E-state index in [2.05, 4.69) is 25.9 Å². The van der Waals surface area contributed by atoms with Gasteiger partial charge in [0.15, 0.2) is 0 Å². The van der Waals surface area contributed by atoms with Crippen molar-refractivity contribution in [1.82, 2.24) is 15.6 Å². The van der Waals surface area contributed by atoms with Crippen molar-refractivity contribution >= 4 is 41.2 Å². The standard InChI is InChI=1S/C22H27ClF2N6O2/c1-22(2,33)19(25)11-30-21(32)16-10-27-17(6-18(16)31-14-4-3-13(24)5-14)15(7-26)20-28-8-12(23)9-29-20/h6-10,13-14,19,26,28,33H,3-5,11H2,1-2H3,(H,27,31)(H,30,32)/b20-15-,26-7?. The number of pyridine rings is 1. The fourth-order valence-corrected chi connectivity index (χ4v) is 3.56. The monoisotopic (exact) mass is 480 g/mol. The SMILES string of the molecule is CC(C)(O)C(F)CNC(=O)c1cnc(/C(C=N)=C2\N=CC(Cl)=CN2)cc1NC1CCC(F)C1. The molecule has 2 aliphatic rings. The first-order valence-corrected chi connectivity index (χ1v) is 10.9. The Balaban J connectivity index is 1.91. The number of anilines is 1. The van der Waals surface area contributed by atoms with Crippen molar-refractivity contribution < 1.29 is 18.7 Å². The lowest BCUT2D eigenvalue weighted by Gasteiger charge is -2.23. The van der Waals surface area contributed by atoms with Crippen LogP contribution in [0.4, 0.5) is 14.5 Å². The number of nitrogens with zero attached hydrogens (tertiary/aromatic N) is 2. The molecule has 3 atom stereocenters. The van der Waals surface area contributed by atoms with Crippen LogP contribution in [0.25, 0.3) is 5.57 Å². The first-order chi connectivity index (χ1) is 15.6. The Morgan fingerprint density at radius 3 is 2.82 bits per heavy atom. The van der Waals surface area contributed by atoms with E-state index < -0.39 is 23.9 Å². The smallest absolute Gasteiger partial charge is 0.255 e.